The van der Waals surface area contributed by atoms with Crippen molar-refractivity contribution < 1.29 is 18.0 Å². The van der Waals surface area contributed by atoms with Gasteiger partial charge in [-0.25, -0.2) is 0 Å². The molecule has 1 fully saturated rings. The fourth-order valence-corrected chi connectivity index (χ4v) is 6.49. The van der Waals surface area contributed by atoms with E-state index in [1.54, 1.807) is 21.3 Å². The monoisotopic (exact) mass is 340 g/mol. The Kier molecular flexibility index (Phi) is 7.04. The molecule has 0 saturated heterocycles. The first-order valence-corrected chi connectivity index (χ1v) is 10.6. The second-order valence-corrected chi connectivity index (χ2v) is 9.70. The number of allylic oxidation sites excluding steroid dienone is 2. The summed E-state index contributed by atoms with van der Waals surface area (Å²) in [5.41, 5.74) is 1.46. The average Bonchev–Trinajstić information content (AvgIpc) is 2.63. The molecule has 1 unspecified atom stereocenters. The highest BCUT2D eigenvalue weighted by Crippen LogP contribution is 2.42. The van der Waals surface area contributed by atoms with Crippen molar-refractivity contribution in [3.8, 4) is 0 Å². The maximum Gasteiger partial charge on any atom is 0.538 e. The molecule has 2 aliphatic rings. The Morgan fingerprint density at radius 2 is 1.74 bits per heavy atom. The van der Waals surface area contributed by atoms with Gasteiger partial charge in [0.1, 0.15) is 0 Å². The summed E-state index contributed by atoms with van der Waals surface area (Å²) in [7, 11) is 2.05. The molecule has 0 bridgehead atoms. The van der Waals surface area contributed by atoms with E-state index in [4.69, 9.17) is 18.0 Å². The predicted molar refractivity (Wildman–Crippen MR) is 94.2 cm³/mol. The maximum absolute atomic E-state index is 6.34. The Morgan fingerprint density at radius 1 is 1.09 bits per heavy atom. The summed E-state index contributed by atoms with van der Waals surface area (Å²) >= 11 is 0. The molecule has 132 valence electrons. The van der Waals surface area contributed by atoms with E-state index in [1.165, 1.54) is 37.7 Å². The van der Waals surface area contributed by atoms with Crippen LogP contribution in [0, 0.1) is 5.92 Å². The maximum atomic E-state index is 6.34. The summed E-state index contributed by atoms with van der Waals surface area (Å²) in [6, 6.07) is 0. The molecule has 0 radical (unpaired) electrons. The molecule has 5 heteroatoms. The zero-order chi connectivity index (χ0) is 16.8. The van der Waals surface area contributed by atoms with Crippen LogP contribution in [0.15, 0.2) is 23.8 Å². The van der Waals surface area contributed by atoms with Crippen LogP contribution >= 0.6 is 0 Å². The molecule has 0 amide bonds. The van der Waals surface area contributed by atoms with Crippen molar-refractivity contribution in [3.05, 3.63) is 23.8 Å². The zero-order valence-corrected chi connectivity index (χ0v) is 16.1. The highest BCUT2D eigenvalue weighted by Gasteiger charge is 2.60. The van der Waals surface area contributed by atoms with Crippen LogP contribution in [0.5, 0.6) is 0 Å². The van der Waals surface area contributed by atoms with Crippen molar-refractivity contribution in [2.75, 3.05) is 27.9 Å². The van der Waals surface area contributed by atoms with Gasteiger partial charge in [-0.1, -0.05) is 43.9 Å². The van der Waals surface area contributed by atoms with E-state index >= 15 is 0 Å². The average molecular weight is 341 g/mol. The topological polar surface area (TPSA) is 36.9 Å². The lowest BCUT2D eigenvalue weighted by atomic mass is 9.80. The Bertz CT molecular complexity index is 416. The smallest absolute Gasteiger partial charge is 0.375 e. The van der Waals surface area contributed by atoms with Gasteiger partial charge in [0.05, 0.1) is 0 Å². The van der Waals surface area contributed by atoms with Gasteiger partial charge in [-0.15, -0.1) is 0 Å². The van der Waals surface area contributed by atoms with E-state index in [9.17, 15) is 0 Å². The summed E-state index contributed by atoms with van der Waals surface area (Å²) in [6.07, 6.45) is 14.8. The van der Waals surface area contributed by atoms with Gasteiger partial charge in [0.15, 0.2) is 5.22 Å². The SMILES string of the molecule is CCCOC1([Si](OC)(OC)OC)C=CC=C(C2CCCCC2)C1. The van der Waals surface area contributed by atoms with Crippen LogP contribution in [0.3, 0.4) is 0 Å². The number of hydrogen-bond donors (Lipinski definition) is 0. The largest absolute Gasteiger partial charge is 0.538 e. The van der Waals surface area contributed by atoms with Crippen molar-refractivity contribution in [3.63, 3.8) is 0 Å². The van der Waals surface area contributed by atoms with E-state index in [0.29, 0.717) is 12.5 Å². The molecule has 0 aromatic carbocycles. The summed E-state index contributed by atoms with van der Waals surface area (Å²) in [5, 5.41) is -0.608. The van der Waals surface area contributed by atoms with Crippen LogP contribution in [0.25, 0.3) is 0 Å². The lowest BCUT2D eigenvalue weighted by molar-refractivity contribution is -0.0317. The third-order valence-corrected chi connectivity index (χ3v) is 8.30. The van der Waals surface area contributed by atoms with E-state index in [1.807, 2.05) is 0 Å². The van der Waals surface area contributed by atoms with E-state index < -0.39 is 14.0 Å². The molecule has 2 aliphatic carbocycles. The van der Waals surface area contributed by atoms with Gasteiger partial charge in [0, 0.05) is 34.4 Å². The van der Waals surface area contributed by atoms with Crippen LogP contribution < -0.4 is 0 Å². The highest BCUT2D eigenvalue weighted by molar-refractivity contribution is 6.64. The zero-order valence-electron chi connectivity index (χ0n) is 15.1. The first-order valence-electron chi connectivity index (χ1n) is 8.84. The van der Waals surface area contributed by atoms with Crippen molar-refractivity contribution in [2.45, 2.75) is 57.1 Å². The Hall–Kier alpha value is -0.463. The minimum atomic E-state index is -2.96. The van der Waals surface area contributed by atoms with Crippen molar-refractivity contribution in [1.29, 1.82) is 0 Å². The molecule has 0 spiro atoms. The summed E-state index contributed by atoms with van der Waals surface area (Å²) in [4.78, 5) is 0. The van der Waals surface area contributed by atoms with Crippen LogP contribution in [-0.4, -0.2) is 42.0 Å². The molecular formula is C18H32O4Si. The molecule has 0 aliphatic heterocycles. The van der Waals surface area contributed by atoms with Gasteiger partial charge in [-0.05, 0) is 31.3 Å². The first-order chi connectivity index (χ1) is 11.2. The van der Waals surface area contributed by atoms with Gasteiger partial charge in [-0.3, -0.25) is 0 Å². The summed E-state index contributed by atoms with van der Waals surface area (Å²) in [6.45, 7) is 2.79. The number of rotatable bonds is 8. The van der Waals surface area contributed by atoms with Crippen molar-refractivity contribution in [1.82, 2.24) is 0 Å². The lowest BCUT2D eigenvalue weighted by Gasteiger charge is -2.44. The fraction of sp³-hybridized carbons (Fsp3) is 0.778. The highest BCUT2D eigenvalue weighted by atomic mass is 28.4. The van der Waals surface area contributed by atoms with Crippen LogP contribution in [0.4, 0.5) is 0 Å². The Labute approximate surface area is 142 Å². The summed E-state index contributed by atoms with van der Waals surface area (Å²) < 4.78 is 23.7. The van der Waals surface area contributed by atoms with Gasteiger partial charge >= 0.3 is 8.80 Å². The third-order valence-electron chi connectivity index (χ3n) is 5.16. The third kappa shape index (κ3) is 3.80. The molecule has 0 N–H and O–H groups in total. The van der Waals surface area contributed by atoms with Gasteiger partial charge in [0.25, 0.3) is 0 Å². The van der Waals surface area contributed by atoms with E-state index in [-0.39, 0.29) is 0 Å². The molecule has 23 heavy (non-hydrogen) atoms. The Balaban J connectivity index is 2.28. The molecular weight excluding hydrogens is 308 g/mol. The van der Waals surface area contributed by atoms with Crippen LogP contribution in [-0.2, 0) is 18.0 Å². The lowest BCUT2D eigenvalue weighted by Crippen LogP contribution is -2.65. The van der Waals surface area contributed by atoms with Crippen LogP contribution in [0.2, 0.25) is 0 Å². The number of hydrogen-bond acceptors (Lipinski definition) is 4. The van der Waals surface area contributed by atoms with Gasteiger partial charge < -0.3 is 18.0 Å². The number of ether oxygens (including phenoxy) is 1. The second kappa shape index (κ2) is 8.58. The van der Waals surface area contributed by atoms with E-state index in [0.717, 1.165) is 12.8 Å². The van der Waals surface area contributed by atoms with Gasteiger partial charge in [-0.2, -0.15) is 0 Å². The quantitative estimate of drug-likeness (QED) is 0.625. The standard InChI is InChI=1S/C18H32O4Si/c1-5-14-22-18(23(19-2,20-3)21-4)13-9-12-17(15-18)16-10-7-6-8-11-16/h9,12-13,16H,5-8,10-11,14-15H2,1-4H3. The Morgan fingerprint density at radius 3 is 2.30 bits per heavy atom. The van der Waals surface area contributed by atoms with Crippen LogP contribution in [0.1, 0.15) is 51.9 Å². The van der Waals surface area contributed by atoms with Crippen molar-refractivity contribution >= 4 is 8.80 Å². The molecule has 2 rings (SSSR count). The minimum absolute atomic E-state index is 0.608. The van der Waals surface area contributed by atoms with Gasteiger partial charge in [0.2, 0.25) is 0 Å². The molecule has 1 atom stereocenters. The summed E-state index contributed by atoms with van der Waals surface area (Å²) in [5.74, 6) is 0.663. The molecule has 0 aromatic heterocycles. The molecule has 0 aromatic rings. The molecule has 0 heterocycles. The normalized spacial score (nSPS) is 26.3. The fourth-order valence-electron chi connectivity index (χ4n) is 3.95. The predicted octanol–water partition coefficient (Wildman–Crippen LogP) is 4.04. The van der Waals surface area contributed by atoms with Crippen molar-refractivity contribution in [2.24, 2.45) is 5.92 Å². The first kappa shape index (κ1) is 18.9. The van der Waals surface area contributed by atoms with E-state index in [2.05, 4.69) is 25.2 Å². The second-order valence-electron chi connectivity index (χ2n) is 6.52. The minimum Gasteiger partial charge on any atom is -0.375 e. The molecule has 4 nitrogen and oxygen atoms in total. The molecule has 1 saturated carbocycles.